The lowest BCUT2D eigenvalue weighted by Crippen LogP contribution is -2.58. The SMILES string of the molecule is Cc1cccc(C)c1NC(=O)C1(C)CC(=O)N=C2C=CC=CN21. The molecule has 1 aromatic carbocycles. The second-order valence-corrected chi connectivity index (χ2v) is 6.11. The summed E-state index contributed by atoms with van der Waals surface area (Å²) in [5.74, 6) is 0.00820. The standard InChI is InChI=1S/C18H19N3O2/c1-12-7-6-8-13(2)16(12)20-17(23)18(3)11-15(22)19-14-9-4-5-10-21(14)18/h4-10H,11H2,1-3H3,(H,20,23). The molecule has 2 aliphatic heterocycles. The van der Waals surface area contributed by atoms with E-state index in [9.17, 15) is 9.59 Å². The van der Waals surface area contributed by atoms with Gasteiger partial charge < -0.3 is 10.2 Å². The largest absolute Gasteiger partial charge is 0.324 e. The first-order valence-corrected chi connectivity index (χ1v) is 7.55. The number of rotatable bonds is 2. The molecule has 0 radical (unpaired) electrons. The summed E-state index contributed by atoms with van der Waals surface area (Å²) in [5.41, 5.74) is 1.79. The lowest BCUT2D eigenvalue weighted by molar-refractivity contribution is -0.130. The van der Waals surface area contributed by atoms with Crippen molar-refractivity contribution in [2.75, 3.05) is 5.32 Å². The van der Waals surface area contributed by atoms with Gasteiger partial charge in [0.1, 0.15) is 11.4 Å². The van der Waals surface area contributed by atoms with Gasteiger partial charge in [-0.15, -0.1) is 0 Å². The quantitative estimate of drug-likeness (QED) is 0.913. The number of fused-ring (bicyclic) bond motifs is 1. The lowest BCUT2D eigenvalue weighted by Gasteiger charge is -2.41. The first-order valence-electron chi connectivity index (χ1n) is 7.55. The molecule has 0 saturated carbocycles. The van der Waals surface area contributed by atoms with Crippen LogP contribution in [0.1, 0.15) is 24.5 Å². The fourth-order valence-electron chi connectivity index (χ4n) is 2.94. The third-order valence-electron chi connectivity index (χ3n) is 4.31. The van der Waals surface area contributed by atoms with Crippen LogP contribution in [0.4, 0.5) is 5.69 Å². The number of carbonyl (C=O) groups is 2. The maximum atomic E-state index is 13.0. The van der Waals surface area contributed by atoms with Gasteiger partial charge in [0.15, 0.2) is 0 Å². The van der Waals surface area contributed by atoms with Gasteiger partial charge in [-0.2, -0.15) is 4.99 Å². The molecule has 0 fully saturated rings. The van der Waals surface area contributed by atoms with E-state index in [0.717, 1.165) is 16.8 Å². The zero-order valence-electron chi connectivity index (χ0n) is 13.5. The summed E-state index contributed by atoms with van der Waals surface area (Å²) < 4.78 is 0. The normalized spacial score (nSPS) is 22.7. The van der Waals surface area contributed by atoms with Crippen molar-refractivity contribution in [3.63, 3.8) is 0 Å². The number of aryl methyl sites for hydroxylation is 2. The lowest BCUT2D eigenvalue weighted by atomic mass is 9.90. The smallest absolute Gasteiger partial charge is 0.250 e. The van der Waals surface area contributed by atoms with Crippen LogP contribution in [0, 0.1) is 13.8 Å². The van der Waals surface area contributed by atoms with Gasteiger partial charge in [-0.05, 0) is 44.1 Å². The molecule has 0 aliphatic carbocycles. The minimum atomic E-state index is -0.996. The van der Waals surface area contributed by atoms with Crippen LogP contribution in [0.2, 0.25) is 0 Å². The number of hydrogen-bond donors (Lipinski definition) is 1. The molecule has 1 N–H and O–H groups in total. The zero-order chi connectivity index (χ0) is 16.6. The Morgan fingerprint density at radius 3 is 2.65 bits per heavy atom. The van der Waals surface area contributed by atoms with E-state index in [1.54, 1.807) is 30.2 Å². The molecule has 1 unspecified atom stereocenters. The molecule has 3 rings (SSSR count). The summed E-state index contributed by atoms with van der Waals surface area (Å²) >= 11 is 0. The summed E-state index contributed by atoms with van der Waals surface area (Å²) in [7, 11) is 0. The number of carbonyl (C=O) groups excluding carboxylic acids is 2. The van der Waals surface area contributed by atoms with E-state index in [1.165, 1.54) is 0 Å². The van der Waals surface area contributed by atoms with Crippen molar-refractivity contribution in [2.24, 2.45) is 4.99 Å². The van der Waals surface area contributed by atoms with Crippen molar-refractivity contribution < 1.29 is 9.59 Å². The molecule has 118 valence electrons. The number of para-hydroxylation sites is 1. The van der Waals surface area contributed by atoms with Crippen LogP contribution in [-0.2, 0) is 9.59 Å². The van der Waals surface area contributed by atoms with Crippen LogP contribution < -0.4 is 5.32 Å². The van der Waals surface area contributed by atoms with Gasteiger partial charge in [0, 0.05) is 11.9 Å². The Bertz CT molecular complexity index is 756. The number of aliphatic imine (C=N–C) groups is 1. The minimum absolute atomic E-state index is 0.0471. The fraction of sp³-hybridized carbons (Fsp3) is 0.278. The molecular formula is C18H19N3O2. The second kappa shape index (κ2) is 5.50. The highest BCUT2D eigenvalue weighted by atomic mass is 16.2. The number of amidine groups is 1. The van der Waals surface area contributed by atoms with Crippen LogP contribution in [0.3, 0.4) is 0 Å². The fourth-order valence-corrected chi connectivity index (χ4v) is 2.94. The maximum Gasteiger partial charge on any atom is 0.250 e. The molecule has 1 aromatic rings. The highest BCUT2D eigenvalue weighted by molar-refractivity contribution is 6.12. The van der Waals surface area contributed by atoms with Crippen LogP contribution in [0.5, 0.6) is 0 Å². The highest BCUT2D eigenvalue weighted by Gasteiger charge is 2.45. The molecule has 2 aliphatic rings. The number of benzene rings is 1. The molecule has 5 nitrogen and oxygen atoms in total. The molecule has 23 heavy (non-hydrogen) atoms. The summed E-state index contributed by atoms with van der Waals surface area (Å²) in [4.78, 5) is 30.7. The predicted molar refractivity (Wildman–Crippen MR) is 90.1 cm³/mol. The van der Waals surface area contributed by atoms with Crippen molar-refractivity contribution in [2.45, 2.75) is 32.7 Å². The van der Waals surface area contributed by atoms with Crippen LogP contribution >= 0.6 is 0 Å². The third-order valence-corrected chi connectivity index (χ3v) is 4.31. The average Bonchev–Trinajstić information content (AvgIpc) is 2.50. The van der Waals surface area contributed by atoms with Gasteiger partial charge in [-0.3, -0.25) is 9.59 Å². The van der Waals surface area contributed by atoms with E-state index in [0.29, 0.717) is 5.84 Å². The average molecular weight is 309 g/mol. The molecule has 5 heteroatoms. The second-order valence-electron chi connectivity index (χ2n) is 6.11. The van der Waals surface area contributed by atoms with Gasteiger partial charge >= 0.3 is 0 Å². The Hall–Kier alpha value is -2.69. The number of allylic oxidation sites excluding steroid dienone is 2. The first kappa shape index (κ1) is 15.2. The van der Waals surface area contributed by atoms with E-state index < -0.39 is 5.54 Å². The van der Waals surface area contributed by atoms with Crippen molar-refractivity contribution in [3.05, 3.63) is 53.8 Å². The topological polar surface area (TPSA) is 61.8 Å². The Labute approximate surface area is 135 Å². The summed E-state index contributed by atoms with van der Waals surface area (Å²) in [5, 5.41) is 3.00. The number of hydrogen-bond acceptors (Lipinski definition) is 3. The molecule has 0 spiro atoms. The molecule has 2 amide bonds. The molecule has 0 aromatic heterocycles. The minimum Gasteiger partial charge on any atom is -0.324 e. The number of amides is 2. The van der Waals surface area contributed by atoms with Crippen molar-refractivity contribution in [1.29, 1.82) is 0 Å². The van der Waals surface area contributed by atoms with Gasteiger partial charge in [0.2, 0.25) is 0 Å². The molecule has 0 bridgehead atoms. The van der Waals surface area contributed by atoms with Gasteiger partial charge in [-0.1, -0.05) is 24.3 Å². The zero-order valence-corrected chi connectivity index (χ0v) is 13.5. The van der Waals surface area contributed by atoms with E-state index in [-0.39, 0.29) is 18.2 Å². The van der Waals surface area contributed by atoms with E-state index >= 15 is 0 Å². The van der Waals surface area contributed by atoms with Gasteiger partial charge in [0.25, 0.3) is 11.8 Å². The monoisotopic (exact) mass is 309 g/mol. The number of anilines is 1. The van der Waals surface area contributed by atoms with Crippen LogP contribution in [-0.4, -0.2) is 28.1 Å². The molecule has 2 heterocycles. The Kier molecular flexibility index (Phi) is 3.64. The Morgan fingerprint density at radius 1 is 1.26 bits per heavy atom. The summed E-state index contributed by atoms with van der Waals surface area (Å²) in [6.07, 6.45) is 7.21. The first-order chi connectivity index (χ1) is 10.9. The Balaban J connectivity index is 1.95. The predicted octanol–water partition coefficient (Wildman–Crippen LogP) is 2.71. The van der Waals surface area contributed by atoms with Crippen molar-refractivity contribution in [1.82, 2.24) is 4.90 Å². The van der Waals surface area contributed by atoms with Crippen LogP contribution in [0.25, 0.3) is 0 Å². The molecule has 0 saturated heterocycles. The third kappa shape index (κ3) is 2.59. The highest BCUT2D eigenvalue weighted by Crippen LogP contribution is 2.30. The van der Waals surface area contributed by atoms with Gasteiger partial charge in [0.05, 0.1) is 6.42 Å². The van der Waals surface area contributed by atoms with Gasteiger partial charge in [-0.25, -0.2) is 0 Å². The van der Waals surface area contributed by atoms with E-state index in [4.69, 9.17) is 0 Å². The van der Waals surface area contributed by atoms with E-state index in [2.05, 4.69) is 10.3 Å². The number of nitrogens with zero attached hydrogens (tertiary/aromatic N) is 2. The van der Waals surface area contributed by atoms with E-state index in [1.807, 2.05) is 38.1 Å². The molecular weight excluding hydrogens is 290 g/mol. The van der Waals surface area contributed by atoms with Crippen molar-refractivity contribution in [3.8, 4) is 0 Å². The number of nitrogens with one attached hydrogen (secondary N) is 1. The Morgan fingerprint density at radius 2 is 1.96 bits per heavy atom. The summed E-state index contributed by atoms with van der Waals surface area (Å²) in [6.45, 7) is 5.67. The molecule has 1 atom stereocenters. The maximum absolute atomic E-state index is 13.0. The van der Waals surface area contributed by atoms with Crippen LogP contribution in [0.15, 0.2) is 47.6 Å². The van der Waals surface area contributed by atoms with Crippen molar-refractivity contribution >= 4 is 23.3 Å². The summed E-state index contributed by atoms with van der Waals surface area (Å²) in [6, 6.07) is 5.86.